The van der Waals surface area contributed by atoms with Crippen molar-refractivity contribution in [3.63, 3.8) is 0 Å². The highest BCUT2D eigenvalue weighted by Gasteiger charge is 2.27. The van der Waals surface area contributed by atoms with Gasteiger partial charge in [-0.25, -0.2) is 4.57 Å². The molecule has 3 atom stereocenters. The Balaban J connectivity index is 4.51. The summed E-state index contributed by atoms with van der Waals surface area (Å²) in [6.45, 7) is 4.40. The minimum absolute atomic E-state index is 0.0813. The summed E-state index contributed by atoms with van der Waals surface area (Å²) in [6.07, 6.45) is 30.8. The molecule has 0 aromatic carbocycles. The van der Waals surface area contributed by atoms with Crippen LogP contribution in [0.15, 0.2) is 48.6 Å². The van der Waals surface area contributed by atoms with Crippen molar-refractivity contribution >= 4 is 25.5 Å². The molecule has 0 saturated carbocycles. The summed E-state index contributed by atoms with van der Waals surface area (Å²) >= 11 is 0. The van der Waals surface area contributed by atoms with Crippen LogP contribution in [0.25, 0.3) is 0 Å². The first-order valence-electron chi connectivity index (χ1n) is 19.9. The second kappa shape index (κ2) is 35.3. The van der Waals surface area contributed by atoms with E-state index in [1.54, 1.807) is 12.2 Å². The summed E-state index contributed by atoms with van der Waals surface area (Å²) in [5.41, 5.74) is 0. The molecule has 0 bridgehead atoms. The minimum Gasteiger partial charge on any atom is -0.462 e. The zero-order chi connectivity index (χ0) is 39.4. The molecule has 0 aliphatic carbocycles. The van der Waals surface area contributed by atoms with E-state index in [4.69, 9.17) is 19.1 Å². The van der Waals surface area contributed by atoms with Gasteiger partial charge in [0.15, 0.2) is 11.9 Å². The molecule has 0 aliphatic rings. The molecule has 0 radical (unpaired) electrons. The van der Waals surface area contributed by atoms with E-state index in [1.807, 2.05) is 36.5 Å². The lowest BCUT2D eigenvalue weighted by Gasteiger charge is -2.20. The summed E-state index contributed by atoms with van der Waals surface area (Å²) in [6, 6.07) is 0. The van der Waals surface area contributed by atoms with E-state index in [2.05, 4.69) is 25.3 Å². The lowest BCUT2D eigenvalue weighted by molar-refractivity contribution is -0.161. The van der Waals surface area contributed by atoms with Crippen LogP contribution >= 0.6 is 7.82 Å². The fourth-order valence-corrected chi connectivity index (χ4v) is 5.80. The first kappa shape index (κ1) is 50.6. The van der Waals surface area contributed by atoms with Crippen molar-refractivity contribution in [2.75, 3.05) is 26.4 Å². The molecule has 0 aliphatic heterocycles. The largest absolute Gasteiger partial charge is 0.472 e. The Bertz CT molecular complexity index is 1100. The maximum atomic E-state index is 12.5. The van der Waals surface area contributed by atoms with Gasteiger partial charge in [0.25, 0.3) is 0 Å². The fraction of sp³-hybridized carbons (Fsp3) is 0.732. The molecule has 0 amide bonds. The van der Waals surface area contributed by atoms with Crippen LogP contribution in [0.2, 0.25) is 0 Å². The molecule has 0 heterocycles. The van der Waals surface area contributed by atoms with E-state index in [0.29, 0.717) is 25.7 Å². The van der Waals surface area contributed by atoms with Gasteiger partial charge in [0, 0.05) is 19.3 Å². The average molecular weight is 771 g/mol. The number of hydrogen-bond acceptors (Lipinski definition) is 10. The van der Waals surface area contributed by atoms with Gasteiger partial charge in [0.05, 0.1) is 19.8 Å². The molecule has 0 saturated heterocycles. The standard InChI is InChI=1S/C41H71O11P/c1-4-5-22-28-37(43)29-24-19-15-11-7-6-8-12-17-21-26-31-41(46)52-39(35-51-53(47,48)50-33-38(44)32-42)34-49-40(45)30-25-20-16-13-9-10-14-18-23-27-36(2)3/h6-7,12,15,17,19,24,29,36,38-39,42,44H,4-5,8-11,13-14,16,18,20-23,25-28,30-35H2,1-3H3,(H,47,48)/b7-6-,17-12-,19-15-,29-24+/t38-,39+/m0/s1. The van der Waals surface area contributed by atoms with Crippen LogP contribution in [0, 0.1) is 5.92 Å². The lowest BCUT2D eigenvalue weighted by Crippen LogP contribution is -2.29. The third-order valence-electron chi connectivity index (χ3n) is 8.14. The Morgan fingerprint density at radius 1 is 0.679 bits per heavy atom. The normalized spacial score (nSPS) is 14.5. The quantitative estimate of drug-likeness (QED) is 0.0139. The first-order chi connectivity index (χ1) is 25.5. The number of aliphatic hydroxyl groups is 2. The molecule has 11 nitrogen and oxygen atoms in total. The summed E-state index contributed by atoms with van der Waals surface area (Å²) < 4.78 is 32.5. The van der Waals surface area contributed by atoms with E-state index < -0.39 is 51.8 Å². The molecular formula is C41H71O11P. The summed E-state index contributed by atoms with van der Waals surface area (Å²) in [7, 11) is -4.64. The topological polar surface area (TPSA) is 166 Å². The van der Waals surface area contributed by atoms with Crippen LogP contribution in [-0.4, -0.2) is 71.5 Å². The highest BCUT2D eigenvalue weighted by Crippen LogP contribution is 2.43. The molecular weight excluding hydrogens is 699 g/mol. The monoisotopic (exact) mass is 770 g/mol. The minimum atomic E-state index is -4.64. The van der Waals surface area contributed by atoms with Gasteiger partial charge < -0.3 is 24.6 Å². The Labute approximate surface area is 319 Å². The third-order valence-corrected chi connectivity index (χ3v) is 9.09. The molecule has 1 unspecified atom stereocenters. The Hall–Kier alpha value is -2.40. The van der Waals surface area contributed by atoms with Gasteiger partial charge in [-0.2, -0.15) is 0 Å². The maximum absolute atomic E-state index is 12.5. The smallest absolute Gasteiger partial charge is 0.462 e. The van der Waals surface area contributed by atoms with Gasteiger partial charge in [-0.05, 0) is 50.5 Å². The number of phosphoric acid groups is 1. The number of rotatable bonds is 36. The van der Waals surface area contributed by atoms with Crippen LogP contribution in [-0.2, 0) is 37.5 Å². The van der Waals surface area contributed by atoms with E-state index in [-0.39, 0.29) is 25.2 Å². The first-order valence-corrected chi connectivity index (χ1v) is 21.4. The van der Waals surface area contributed by atoms with Crippen molar-refractivity contribution in [1.29, 1.82) is 0 Å². The highest BCUT2D eigenvalue weighted by molar-refractivity contribution is 7.47. The number of esters is 2. The summed E-state index contributed by atoms with van der Waals surface area (Å²) in [5.74, 6) is -0.106. The maximum Gasteiger partial charge on any atom is 0.472 e. The number of hydrogen-bond donors (Lipinski definition) is 3. The molecule has 0 aromatic rings. The molecule has 12 heteroatoms. The van der Waals surface area contributed by atoms with Gasteiger partial charge in [-0.3, -0.25) is 23.4 Å². The lowest BCUT2D eigenvalue weighted by atomic mass is 10.0. The predicted molar refractivity (Wildman–Crippen MR) is 210 cm³/mol. The van der Waals surface area contributed by atoms with Gasteiger partial charge in [0.2, 0.25) is 0 Å². The van der Waals surface area contributed by atoms with Crippen LogP contribution in [0.1, 0.15) is 149 Å². The molecule has 3 N–H and O–H groups in total. The number of phosphoric ester groups is 1. The van der Waals surface area contributed by atoms with Crippen molar-refractivity contribution in [3.05, 3.63) is 48.6 Å². The van der Waals surface area contributed by atoms with Crippen LogP contribution in [0.5, 0.6) is 0 Å². The van der Waals surface area contributed by atoms with E-state index in [0.717, 1.165) is 57.3 Å². The number of allylic oxidation sites excluding steroid dienone is 8. The predicted octanol–water partition coefficient (Wildman–Crippen LogP) is 9.20. The van der Waals surface area contributed by atoms with Crippen molar-refractivity contribution in [1.82, 2.24) is 0 Å². The molecule has 0 fully saturated rings. The van der Waals surface area contributed by atoms with E-state index in [9.17, 15) is 28.9 Å². The Morgan fingerprint density at radius 3 is 1.92 bits per heavy atom. The van der Waals surface area contributed by atoms with Crippen LogP contribution in [0.3, 0.4) is 0 Å². The molecule has 0 spiro atoms. The van der Waals surface area contributed by atoms with E-state index >= 15 is 0 Å². The Kier molecular flexibility index (Phi) is 33.7. The second-order valence-corrected chi connectivity index (χ2v) is 15.3. The number of unbranched alkanes of at least 4 members (excludes halogenated alkanes) is 11. The SMILES string of the molecule is CCCCCC(=O)/C=C/C=C\C/C=C\C/C=C\CCCC(=O)O[C@H](COC(=O)CCCCCCCCCCCC(C)C)COP(=O)(O)OC[C@@H](O)CO. The third kappa shape index (κ3) is 36.4. The van der Waals surface area contributed by atoms with Gasteiger partial charge in [0.1, 0.15) is 12.7 Å². The number of ether oxygens (including phenoxy) is 2. The zero-order valence-corrected chi connectivity index (χ0v) is 33.8. The van der Waals surface area contributed by atoms with Gasteiger partial charge in [-0.1, -0.05) is 134 Å². The Morgan fingerprint density at radius 2 is 1.26 bits per heavy atom. The van der Waals surface area contributed by atoms with E-state index in [1.165, 1.54) is 38.5 Å². The van der Waals surface area contributed by atoms with Crippen molar-refractivity contribution in [2.24, 2.45) is 5.92 Å². The highest BCUT2D eigenvalue weighted by atomic mass is 31.2. The molecule has 53 heavy (non-hydrogen) atoms. The molecule has 306 valence electrons. The number of aliphatic hydroxyl groups excluding tert-OH is 2. The fourth-order valence-electron chi connectivity index (χ4n) is 5.01. The van der Waals surface area contributed by atoms with Crippen molar-refractivity contribution < 1.29 is 52.6 Å². The van der Waals surface area contributed by atoms with Gasteiger partial charge >= 0.3 is 19.8 Å². The number of ketones is 1. The summed E-state index contributed by atoms with van der Waals surface area (Å²) in [5, 5.41) is 18.3. The zero-order valence-electron chi connectivity index (χ0n) is 32.9. The summed E-state index contributed by atoms with van der Waals surface area (Å²) in [4.78, 5) is 46.5. The van der Waals surface area contributed by atoms with Crippen molar-refractivity contribution in [2.45, 2.75) is 161 Å². The van der Waals surface area contributed by atoms with Crippen molar-refractivity contribution in [3.8, 4) is 0 Å². The molecule has 0 rings (SSSR count). The van der Waals surface area contributed by atoms with Gasteiger partial charge in [-0.15, -0.1) is 0 Å². The average Bonchev–Trinajstić information content (AvgIpc) is 3.12. The number of carbonyl (C=O) groups excluding carboxylic acids is 3. The van der Waals surface area contributed by atoms with Crippen LogP contribution in [0.4, 0.5) is 0 Å². The molecule has 0 aromatic heterocycles. The number of carbonyl (C=O) groups is 3. The van der Waals surface area contributed by atoms with Crippen LogP contribution < -0.4 is 0 Å². The second-order valence-electron chi connectivity index (χ2n) is 13.8.